The molecule has 0 unspecified atom stereocenters. The first-order valence-electron chi connectivity index (χ1n) is 11.9. The Kier molecular flexibility index (Phi) is 7.94. The van der Waals surface area contributed by atoms with Crippen molar-refractivity contribution in [2.75, 3.05) is 22.6 Å². The largest absolute Gasteiger partial charge is 0.329 e. The third kappa shape index (κ3) is 6.39. The van der Waals surface area contributed by atoms with E-state index in [1.807, 2.05) is 60.9 Å². The monoisotopic (exact) mass is 502 g/mol. The number of unbranched alkanes of at least 4 members (excludes halogenated alkanes) is 1. The molecular weight excluding hydrogens is 472 g/mol. The summed E-state index contributed by atoms with van der Waals surface area (Å²) < 4.78 is 1.88. The van der Waals surface area contributed by atoms with Gasteiger partial charge in [-0.2, -0.15) is 10.1 Å². The number of anilines is 5. The fourth-order valence-electron chi connectivity index (χ4n) is 3.87. The number of hydrogen-bond acceptors (Lipinski definition) is 8. The van der Waals surface area contributed by atoms with Crippen molar-refractivity contribution in [1.29, 1.82) is 0 Å². The SMILES string of the molecule is Cc1c2ccc(N(C)c3ccnc(Nc4ccc(NC(=O)CCCCC(=O)NO)cc4)n3)cc2nn1C. The molecule has 2 aromatic heterocycles. The molecule has 2 aromatic carbocycles. The van der Waals surface area contributed by atoms with E-state index in [0.717, 1.165) is 33.8 Å². The Morgan fingerprint density at radius 3 is 2.43 bits per heavy atom. The van der Waals surface area contributed by atoms with E-state index in [-0.39, 0.29) is 12.3 Å². The number of nitrogens with one attached hydrogen (secondary N) is 3. The molecule has 192 valence electrons. The van der Waals surface area contributed by atoms with Crippen LogP contribution in [0.25, 0.3) is 10.9 Å². The lowest BCUT2D eigenvalue weighted by Crippen LogP contribution is -2.18. The zero-order valence-electron chi connectivity index (χ0n) is 21.0. The molecule has 11 heteroatoms. The number of carbonyl (C=O) groups excluding carboxylic acids is 2. The number of amides is 2. The van der Waals surface area contributed by atoms with Gasteiger partial charge in [-0.15, -0.1) is 0 Å². The summed E-state index contributed by atoms with van der Waals surface area (Å²) in [6.07, 6.45) is 3.25. The van der Waals surface area contributed by atoms with E-state index in [2.05, 4.69) is 31.8 Å². The molecule has 4 aromatic rings. The molecule has 0 aliphatic heterocycles. The van der Waals surface area contributed by atoms with Crippen molar-refractivity contribution in [3.8, 4) is 0 Å². The molecule has 0 aliphatic rings. The molecule has 2 heterocycles. The number of nitrogens with zero attached hydrogens (tertiary/aromatic N) is 5. The summed E-state index contributed by atoms with van der Waals surface area (Å²) in [6, 6.07) is 15.2. The lowest BCUT2D eigenvalue weighted by Gasteiger charge is -2.19. The summed E-state index contributed by atoms with van der Waals surface area (Å²) >= 11 is 0. The van der Waals surface area contributed by atoms with E-state index in [1.54, 1.807) is 23.8 Å². The normalized spacial score (nSPS) is 10.8. The Balaban J connectivity index is 1.35. The molecule has 0 bridgehead atoms. The number of hydroxylamine groups is 1. The average Bonchev–Trinajstić information content (AvgIpc) is 3.19. The minimum Gasteiger partial charge on any atom is -0.329 e. The highest BCUT2D eigenvalue weighted by molar-refractivity contribution is 5.91. The fraction of sp³-hybridized carbons (Fsp3) is 0.269. The summed E-state index contributed by atoms with van der Waals surface area (Å²) in [5.74, 6) is 0.585. The molecule has 0 atom stereocenters. The molecule has 0 spiro atoms. The van der Waals surface area contributed by atoms with Gasteiger partial charge in [-0.3, -0.25) is 19.5 Å². The lowest BCUT2D eigenvalue weighted by atomic mass is 10.2. The van der Waals surface area contributed by atoms with Gasteiger partial charge in [-0.1, -0.05) is 0 Å². The maximum atomic E-state index is 12.1. The van der Waals surface area contributed by atoms with E-state index in [4.69, 9.17) is 5.21 Å². The van der Waals surface area contributed by atoms with Crippen LogP contribution < -0.4 is 21.0 Å². The maximum Gasteiger partial charge on any atom is 0.243 e. The minimum absolute atomic E-state index is 0.136. The molecule has 2 amide bonds. The van der Waals surface area contributed by atoms with Crippen LogP contribution in [-0.2, 0) is 16.6 Å². The van der Waals surface area contributed by atoms with Gasteiger partial charge in [0.1, 0.15) is 5.82 Å². The second kappa shape index (κ2) is 11.5. The van der Waals surface area contributed by atoms with E-state index in [9.17, 15) is 9.59 Å². The number of fused-ring (bicyclic) bond motifs is 1. The van der Waals surface area contributed by atoms with Gasteiger partial charge in [0.15, 0.2) is 0 Å². The molecule has 0 saturated carbocycles. The molecule has 37 heavy (non-hydrogen) atoms. The fourth-order valence-corrected chi connectivity index (χ4v) is 3.87. The molecule has 4 N–H and O–H groups in total. The molecule has 0 saturated heterocycles. The van der Waals surface area contributed by atoms with Gasteiger partial charge >= 0.3 is 0 Å². The third-order valence-corrected chi connectivity index (χ3v) is 6.09. The van der Waals surface area contributed by atoms with Gasteiger partial charge in [0, 0.05) is 61.3 Å². The van der Waals surface area contributed by atoms with E-state index < -0.39 is 5.91 Å². The Morgan fingerprint density at radius 1 is 1.00 bits per heavy atom. The third-order valence-electron chi connectivity index (χ3n) is 6.09. The summed E-state index contributed by atoms with van der Waals surface area (Å²) in [5, 5.41) is 20.2. The lowest BCUT2D eigenvalue weighted by molar-refractivity contribution is -0.129. The summed E-state index contributed by atoms with van der Waals surface area (Å²) in [5.41, 5.74) is 6.03. The van der Waals surface area contributed by atoms with Gasteiger partial charge in [0.05, 0.1) is 5.52 Å². The number of aryl methyl sites for hydroxylation is 2. The van der Waals surface area contributed by atoms with Gasteiger partial charge in [-0.05, 0) is 68.3 Å². The first kappa shape index (κ1) is 25.6. The highest BCUT2D eigenvalue weighted by Gasteiger charge is 2.11. The summed E-state index contributed by atoms with van der Waals surface area (Å²) in [7, 11) is 3.88. The summed E-state index contributed by atoms with van der Waals surface area (Å²) in [4.78, 5) is 34.1. The van der Waals surface area contributed by atoms with E-state index in [0.29, 0.717) is 30.9 Å². The smallest absolute Gasteiger partial charge is 0.243 e. The number of hydrogen-bond donors (Lipinski definition) is 4. The quantitative estimate of drug-likeness (QED) is 0.144. The predicted octanol–water partition coefficient (Wildman–Crippen LogP) is 4.19. The van der Waals surface area contributed by atoms with Gasteiger partial charge in [0.25, 0.3) is 0 Å². The van der Waals surface area contributed by atoms with Gasteiger partial charge in [-0.25, -0.2) is 10.5 Å². The van der Waals surface area contributed by atoms with Crippen molar-refractivity contribution >= 4 is 51.5 Å². The van der Waals surface area contributed by atoms with Crippen molar-refractivity contribution in [3.63, 3.8) is 0 Å². The average molecular weight is 503 g/mol. The number of benzene rings is 2. The second-order valence-electron chi connectivity index (χ2n) is 8.70. The van der Waals surface area contributed by atoms with Crippen LogP contribution in [0.5, 0.6) is 0 Å². The molecule has 4 rings (SSSR count). The van der Waals surface area contributed by atoms with Crippen molar-refractivity contribution in [2.45, 2.75) is 32.6 Å². The molecule has 0 aliphatic carbocycles. The Labute approximate surface area is 214 Å². The molecule has 0 fully saturated rings. The van der Waals surface area contributed by atoms with Crippen LogP contribution in [0, 0.1) is 6.92 Å². The van der Waals surface area contributed by atoms with Crippen LogP contribution in [0.4, 0.5) is 28.8 Å². The highest BCUT2D eigenvalue weighted by Crippen LogP contribution is 2.27. The van der Waals surface area contributed by atoms with Crippen molar-refractivity contribution < 1.29 is 14.8 Å². The standard InChI is InChI=1S/C26H30N8O3/c1-17-21-13-12-20(16-22(21)31-34(17)3)33(2)23-14-15-27-26(30-23)29-19-10-8-18(9-11-19)28-24(35)6-4-5-7-25(36)32-37/h8-16,37H,4-7H2,1-3H3,(H,28,35)(H,32,36)(H,27,29,30). The first-order chi connectivity index (χ1) is 17.8. The van der Waals surface area contributed by atoms with Gasteiger partial charge < -0.3 is 15.5 Å². The van der Waals surface area contributed by atoms with Crippen LogP contribution in [0.3, 0.4) is 0 Å². The minimum atomic E-state index is -0.453. The van der Waals surface area contributed by atoms with Crippen molar-refractivity contribution in [1.82, 2.24) is 25.2 Å². The zero-order chi connectivity index (χ0) is 26.4. The van der Waals surface area contributed by atoms with Crippen molar-refractivity contribution in [2.24, 2.45) is 7.05 Å². The van der Waals surface area contributed by atoms with Gasteiger partial charge in [0.2, 0.25) is 17.8 Å². The number of aromatic nitrogens is 4. The van der Waals surface area contributed by atoms with Crippen LogP contribution in [-0.4, -0.2) is 43.8 Å². The Bertz CT molecular complexity index is 1400. The van der Waals surface area contributed by atoms with E-state index >= 15 is 0 Å². The van der Waals surface area contributed by atoms with Crippen LogP contribution in [0.1, 0.15) is 31.4 Å². The first-order valence-corrected chi connectivity index (χ1v) is 11.9. The second-order valence-corrected chi connectivity index (χ2v) is 8.70. The topological polar surface area (TPSA) is 137 Å². The maximum absolute atomic E-state index is 12.1. The highest BCUT2D eigenvalue weighted by atomic mass is 16.5. The van der Waals surface area contributed by atoms with Crippen molar-refractivity contribution in [3.05, 3.63) is 60.4 Å². The summed E-state index contributed by atoms with van der Waals surface area (Å²) in [6.45, 7) is 2.05. The Hall–Kier alpha value is -4.51. The Morgan fingerprint density at radius 2 is 1.70 bits per heavy atom. The van der Waals surface area contributed by atoms with Crippen LogP contribution >= 0.6 is 0 Å². The van der Waals surface area contributed by atoms with Crippen LogP contribution in [0.15, 0.2) is 54.7 Å². The zero-order valence-corrected chi connectivity index (χ0v) is 21.0. The molecule has 0 radical (unpaired) electrons. The number of carbonyl (C=O) groups is 2. The number of rotatable bonds is 10. The molecular formula is C26H30N8O3. The predicted molar refractivity (Wildman–Crippen MR) is 142 cm³/mol. The van der Waals surface area contributed by atoms with Crippen LogP contribution in [0.2, 0.25) is 0 Å². The van der Waals surface area contributed by atoms with E-state index in [1.165, 1.54) is 0 Å². The molecule has 11 nitrogen and oxygen atoms in total.